The van der Waals surface area contributed by atoms with Crippen LogP contribution in [0.4, 0.5) is 0 Å². The maximum Gasteiger partial charge on any atom is 0.227 e. The van der Waals surface area contributed by atoms with Gasteiger partial charge in [0.1, 0.15) is 0 Å². The monoisotopic (exact) mass is 414 g/mol. The average Bonchev–Trinajstić information content (AvgIpc) is 3.49. The van der Waals surface area contributed by atoms with Crippen LogP contribution in [0.3, 0.4) is 0 Å². The highest BCUT2D eigenvalue weighted by Crippen LogP contribution is 2.33. The summed E-state index contributed by atoms with van der Waals surface area (Å²) in [6.07, 6.45) is 9.37. The zero-order valence-corrected chi connectivity index (χ0v) is 18.3. The number of likely N-dealkylation sites (tertiary alicyclic amines) is 1. The van der Waals surface area contributed by atoms with Crippen LogP contribution in [0.1, 0.15) is 59.1 Å². The van der Waals surface area contributed by atoms with E-state index in [1.807, 2.05) is 12.4 Å². The number of hydrogen-bond acceptors (Lipinski definition) is 4. The molecule has 160 valence electrons. The molecule has 0 bridgehead atoms. The zero-order valence-electron chi connectivity index (χ0n) is 18.3. The number of carbonyl (C=O) groups excluding carboxylic acids is 1. The number of benzene rings is 1. The van der Waals surface area contributed by atoms with E-state index < -0.39 is 0 Å². The van der Waals surface area contributed by atoms with E-state index in [0.717, 1.165) is 55.2 Å². The van der Waals surface area contributed by atoms with Crippen molar-refractivity contribution in [1.82, 2.24) is 14.8 Å². The fraction of sp³-hybridized carbons (Fsp3) is 0.500. The summed E-state index contributed by atoms with van der Waals surface area (Å²) in [5, 5.41) is 0. The van der Waals surface area contributed by atoms with Crippen molar-refractivity contribution in [2.45, 2.75) is 58.2 Å². The Kier molecular flexibility index (Phi) is 4.67. The van der Waals surface area contributed by atoms with Gasteiger partial charge >= 0.3 is 0 Å². The lowest BCUT2D eigenvalue weighted by atomic mass is 9.89. The minimum absolute atomic E-state index is 0.301. The van der Waals surface area contributed by atoms with Gasteiger partial charge in [0.2, 0.25) is 5.91 Å². The van der Waals surface area contributed by atoms with Gasteiger partial charge in [0, 0.05) is 55.7 Å². The first-order valence-corrected chi connectivity index (χ1v) is 11.8. The van der Waals surface area contributed by atoms with Crippen LogP contribution in [0.5, 0.6) is 0 Å². The highest BCUT2D eigenvalue weighted by Gasteiger charge is 2.34. The van der Waals surface area contributed by atoms with Crippen LogP contribution in [-0.4, -0.2) is 52.1 Å². The summed E-state index contributed by atoms with van der Waals surface area (Å²) in [5.41, 5.74) is 8.25. The fourth-order valence-corrected chi connectivity index (χ4v) is 5.53. The number of aromatic nitrogens is 1. The largest absolute Gasteiger partial charge is 0.335 e. The maximum absolute atomic E-state index is 13.0. The minimum atomic E-state index is 0.301. The van der Waals surface area contributed by atoms with Crippen LogP contribution in [0.25, 0.3) is 0 Å². The first kappa shape index (κ1) is 19.2. The topological polar surface area (TPSA) is 48.8 Å². The van der Waals surface area contributed by atoms with Gasteiger partial charge in [0.25, 0.3) is 0 Å². The lowest BCUT2D eigenvalue weighted by Gasteiger charge is -2.41. The van der Waals surface area contributed by atoms with Crippen LogP contribution >= 0.6 is 0 Å². The second-order valence-corrected chi connectivity index (χ2v) is 9.87. The molecule has 5 heteroatoms. The Hall–Kier alpha value is -2.53. The van der Waals surface area contributed by atoms with E-state index in [2.05, 4.69) is 39.9 Å². The Morgan fingerprint density at radius 3 is 2.61 bits per heavy atom. The van der Waals surface area contributed by atoms with Crippen molar-refractivity contribution in [1.29, 1.82) is 0 Å². The minimum Gasteiger partial charge on any atom is -0.335 e. The molecular weight excluding hydrogens is 384 g/mol. The Morgan fingerprint density at radius 2 is 1.84 bits per heavy atom. The number of amides is 1. The van der Waals surface area contributed by atoms with Crippen molar-refractivity contribution in [3.8, 4) is 0 Å². The third kappa shape index (κ3) is 3.69. The van der Waals surface area contributed by atoms with Gasteiger partial charge in [-0.2, -0.15) is 0 Å². The summed E-state index contributed by atoms with van der Waals surface area (Å²) < 4.78 is 0. The normalized spacial score (nSPS) is 21.8. The van der Waals surface area contributed by atoms with Gasteiger partial charge in [-0.15, -0.1) is 0 Å². The molecule has 1 amide bonds. The SMILES string of the molecule is Cc1cncc(C2=NCc3cc4c(cc32)CN(C2CCN(CC3CC3)CC2)C(=O)C4)c1. The second kappa shape index (κ2) is 7.56. The molecule has 5 nitrogen and oxygen atoms in total. The van der Waals surface area contributed by atoms with Crippen LogP contribution < -0.4 is 0 Å². The highest BCUT2D eigenvalue weighted by atomic mass is 16.2. The molecule has 6 rings (SSSR count). The van der Waals surface area contributed by atoms with Gasteiger partial charge in [0.05, 0.1) is 18.7 Å². The molecule has 1 saturated heterocycles. The summed E-state index contributed by atoms with van der Waals surface area (Å²) in [5.74, 6) is 1.25. The smallest absolute Gasteiger partial charge is 0.227 e. The zero-order chi connectivity index (χ0) is 20.9. The summed E-state index contributed by atoms with van der Waals surface area (Å²) >= 11 is 0. The van der Waals surface area contributed by atoms with Gasteiger partial charge in [-0.3, -0.25) is 14.8 Å². The van der Waals surface area contributed by atoms with E-state index in [1.165, 1.54) is 41.6 Å². The van der Waals surface area contributed by atoms with Crippen molar-refractivity contribution >= 4 is 11.6 Å². The van der Waals surface area contributed by atoms with Crippen molar-refractivity contribution < 1.29 is 4.79 Å². The molecule has 2 fully saturated rings. The number of hydrogen-bond donors (Lipinski definition) is 0. The summed E-state index contributed by atoms with van der Waals surface area (Å²) in [4.78, 5) is 27.0. The van der Waals surface area contributed by atoms with Crippen LogP contribution in [0.2, 0.25) is 0 Å². The van der Waals surface area contributed by atoms with E-state index in [9.17, 15) is 4.79 Å². The lowest BCUT2D eigenvalue weighted by molar-refractivity contribution is -0.135. The van der Waals surface area contributed by atoms with E-state index in [-0.39, 0.29) is 0 Å². The molecule has 2 aromatic rings. The third-order valence-corrected chi connectivity index (χ3v) is 7.45. The molecule has 1 aliphatic carbocycles. The quantitative estimate of drug-likeness (QED) is 0.769. The van der Waals surface area contributed by atoms with Crippen molar-refractivity contribution in [3.05, 3.63) is 64.0 Å². The van der Waals surface area contributed by atoms with Crippen molar-refractivity contribution in [2.24, 2.45) is 10.9 Å². The lowest BCUT2D eigenvalue weighted by Crippen LogP contribution is -2.49. The standard InChI is InChI=1S/C26H30N4O/c1-17-8-21(13-27-12-17)26-24-10-22-16-30(25(31)11-19(22)9-20(24)14-28-26)23-4-6-29(7-5-23)15-18-2-3-18/h8-10,12-13,18,23H,2-7,11,14-16H2,1H3. The Labute approximate surface area is 184 Å². The molecule has 4 aliphatic rings. The van der Waals surface area contributed by atoms with E-state index >= 15 is 0 Å². The summed E-state index contributed by atoms with van der Waals surface area (Å²) in [6, 6.07) is 7.09. The summed E-state index contributed by atoms with van der Waals surface area (Å²) in [7, 11) is 0. The first-order chi connectivity index (χ1) is 15.1. The molecule has 31 heavy (non-hydrogen) atoms. The number of aryl methyl sites for hydroxylation is 1. The Bertz CT molecular complexity index is 1060. The van der Waals surface area contributed by atoms with Gasteiger partial charge in [-0.05, 0) is 72.9 Å². The third-order valence-electron chi connectivity index (χ3n) is 7.45. The molecule has 0 N–H and O–H groups in total. The Morgan fingerprint density at radius 1 is 1.00 bits per heavy atom. The van der Waals surface area contributed by atoms with Crippen molar-refractivity contribution in [2.75, 3.05) is 19.6 Å². The van der Waals surface area contributed by atoms with Gasteiger partial charge < -0.3 is 9.80 Å². The van der Waals surface area contributed by atoms with Crippen LogP contribution in [0, 0.1) is 12.8 Å². The number of piperidine rings is 1. The average molecular weight is 415 g/mol. The number of carbonyl (C=O) groups is 1. The van der Waals surface area contributed by atoms with E-state index in [0.29, 0.717) is 24.9 Å². The molecule has 0 radical (unpaired) electrons. The van der Waals surface area contributed by atoms with E-state index in [1.54, 1.807) is 0 Å². The molecule has 0 spiro atoms. The second-order valence-electron chi connectivity index (χ2n) is 9.87. The number of rotatable bonds is 4. The first-order valence-electron chi connectivity index (χ1n) is 11.8. The molecule has 0 atom stereocenters. The molecular formula is C26H30N4O. The Balaban J connectivity index is 1.22. The van der Waals surface area contributed by atoms with Crippen LogP contribution in [-0.2, 0) is 24.3 Å². The molecule has 0 unspecified atom stereocenters. The molecule has 1 saturated carbocycles. The van der Waals surface area contributed by atoms with Crippen molar-refractivity contribution in [3.63, 3.8) is 0 Å². The fourth-order valence-electron chi connectivity index (χ4n) is 5.53. The predicted molar refractivity (Wildman–Crippen MR) is 121 cm³/mol. The van der Waals surface area contributed by atoms with Gasteiger partial charge in [-0.25, -0.2) is 0 Å². The predicted octanol–water partition coefficient (Wildman–Crippen LogP) is 3.50. The molecule has 3 aliphatic heterocycles. The summed E-state index contributed by atoms with van der Waals surface area (Å²) in [6.45, 7) is 7.06. The number of aliphatic imine (C=N–C) groups is 1. The number of nitrogens with zero attached hydrogens (tertiary/aromatic N) is 4. The molecule has 1 aromatic heterocycles. The van der Waals surface area contributed by atoms with E-state index in [4.69, 9.17) is 4.99 Å². The highest BCUT2D eigenvalue weighted by molar-refractivity contribution is 6.15. The number of fused-ring (bicyclic) bond motifs is 2. The molecule has 4 heterocycles. The van der Waals surface area contributed by atoms with Gasteiger partial charge in [-0.1, -0.05) is 6.07 Å². The molecule has 1 aromatic carbocycles. The van der Waals surface area contributed by atoms with Gasteiger partial charge in [0.15, 0.2) is 0 Å². The van der Waals surface area contributed by atoms with Crippen LogP contribution in [0.15, 0.2) is 35.6 Å². The number of pyridine rings is 1. The maximum atomic E-state index is 13.0.